The Kier molecular flexibility index (Phi) is 5.57. The van der Waals surface area contributed by atoms with Crippen molar-refractivity contribution < 1.29 is 9.90 Å². The van der Waals surface area contributed by atoms with Crippen molar-refractivity contribution in [3.05, 3.63) is 34.3 Å². The summed E-state index contributed by atoms with van der Waals surface area (Å²) in [6.07, 6.45) is 2.56. The number of halogens is 1. The van der Waals surface area contributed by atoms with E-state index >= 15 is 0 Å². The van der Waals surface area contributed by atoms with E-state index in [4.69, 9.17) is 0 Å². The summed E-state index contributed by atoms with van der Waals surface area (Å²) in [5.74, 6) is -0.00508. The Bertz CT molecular complexity index is 450. The standard InChI is InChI=1S/C15H21BrN2O2/c1-18(13-3-2-4-14(13)19)10-15(20)17-9-11-5-7-12(16)8-6-11/h5-8,13-14,19H,2-4,9-10H2,1H3,(H,17,20). The molecule has 2 atom stereocenters. The molecule has 1 fully saturated rings. The summed E-state index contributed by atoms with van der Waals surface area (Å²) >= 11 is 3.38. The molecule has 0 aromatic heterocycles. The van der Waals surface area contributed by atoms with Gasteiger partial charge < -0.3 is 10.4 Å². The molecule has 110 valence electrons. The van der Waals surface area contributed by atoms with Crippen LogP contribution in [0.1, 0.15) is 24.8 Å². The minimum Gasteiger partial charge on any atom is -0.391 e. The predicted molar refractivity (Wildman–Crippen MR) is 82.3 cm³/mol. The number of aliphatic hydroxyl groups is 1. The van der Waals surface area contributed by atoms with Crippen molar-refractivity contribution in [2.75, 3.05) is 13.6 Å². The van der Waals surface area contributed by atoms with Gasteiger partial charge in [0.05, 0.1) is 12.6 Å². The second-order valence-electron chi connectivity index (χ2n) is 5.38. The Morgan fingerprint density at radius 1 is 1.40 bits per heavy atom. The third-order valence-corrected chi connectivity index (χ3v) is 4.33. The molecule has 0 aliphatic heterocycles. The van der Waals surface area contributed by atoms with Crippen molar-refractivity contribution in [1.29, 1.82) is 0 Å². The average molecular weight is 341 g/mol. The third kappa shape index (κ3) is 4.30. The summed E-state index contributed by atoms with van der Waals surface area (Å²) < 4.78 is 1.03. The Morgan fingerprint density at radius 3 is 2.70 bits per heavy atom. The molecule has 20 heavy (non-hydrogen) atoms. The lowest BCUT2D eigenvalue weighted by molar-refractivity contribution is -0.122. The van der Waals surface area contributed by atoms with Gasteiger partial charge in [0, 0.05) is 17.1 Å². The molecule has 0 spiro atoms. The summed E-state index contributed by atoms with van der Waals surface area (Å²) in [4.78, 5) is 13.9. The molecule has 2 rings (SSSR count). The number of aliphatic hydroxyl groups excluding tert-OH is 1. The maximum atomic E-state index is 11.9. The van der Waals surface area contributed by atoms with Gasteiger partial charge in [0.15, 0.2) is 0 Å². The molecule has 0 saturated heterocycles. The van der Waals surface area contributed by atoms with Crippen molar-refractivity contribution in [3.63, 3.8) is 0 Å². The van der Waals surface area contributed by atoms with Crippen LogP contribution < -0.4 is 5.32 Å². The maximum absolute atomic E-state index is 11.9. The Balaban J connectivity index is 1.76. The summed E-state index contributed by atoms with van der Waals surface area (Å²) in [6.45, 7) is 0.866. The highest BCUT2D eigenvalue weighted by Crippen LogP contribution is 2.22. The summed E-state index contributed by atoms with van der Waals surface area (Å²) in [5, 5.41) is 12.7. The van der Waals surface area contributed by atoms with E-state index in [1.807, 2.05) is 36.2 Å². The van der Waals surface area contributed by atoms with Gasteiger partial charge in [0.2, 0.25) is 5.91 Å². The molecule has 1 aromatic carbocycles. The summed E-state index contributed by atoms with van der Waals surface area (Å²) in [6, 6.07) is 8.00. The van der Waals surface area contributed by atoms with E-state index in [1.54, 1.807) is 0 Å². The van der Waals surface area contributed by atoms with Crippen LogP contribution in [0.2, 0.25) is 0 Å². The van der Waals surface area contributed by atoms with E-state index in [1.165, 1.54) is 0 Å². The average Bonchev–Trinajstić information content (AvgIpc) is 2.84. The van der Waals surface area contributed by atoms with Crippen molar-refractivity contribution in [1.82, 2.24) is 10.2 Å². The van der Waals surface area contributed by atoms with Gasteiger partial charge in [-0.3, -0.25) is 9.69 Å². The van der Waals surface area contributed by atoms with Crippen LogP contribution in [0.4, 0.5) is 0 Å². The quantitative estimate of drug-likeness (QED) is 0.860. The van der Waals surface area contributed by atoms with Crippen molar-refractivity contribution in [2.24, 2.45) is 0 Å². The first kappa shape index (κ1) is 15.5. The first-order chi connectivity index (χ1) is 9.56. The fraction of sp³-hybridized carbons (Fsp3) is 0.533. The molecule has 1 aliphatic rings. The van der Waals surface area contributed by atoms with Crippen LogP contribution in [-0.2, 0) is 11.3 Å². The maximum Gasteiger partial charge on any atom is 0.234 e. The number of rotatable bonds is 5. The molecule has 4 nitrogen and oxygen atoms in total. The Labute approximate surface area is 128 Å². The molecule has 0 radical (unpaired) electrons. The zero-order valence-electron chi connectivity index (χ0n) is 11.7. The van der Waals surface area contributed by atoms with Crippen LogP contribution in [0.15, 0.2) is 28.7 Å². The number of benzene rings is 1. The number of amides is 1. The number of hydrogen-bond donors (Lipinski definition) is 2. The largest absolute Gasteiger partial charge is 0.391 e. The van der Waals surface area contributed by atoms with E-state index in [2.05, 4.69) is 21.2 Å². The molecule has 1 amide bonds. The lowest BCUT2D eigenvalue weighted by Gasteiger charge is -2.26. The molecule has 2 unspecified atom stereocenters. The highest BCUT2D eigenvalue weighted by Gasteiger charge is 2.29. The molecular weight excluding hydrogens is 320 g/mol. The van der Waals surface area contributed by atoms with Crippen LogP contribution in [0.5, 0.6) is 0 Å². The number of carbonyl (C=O) groups is 1. The zero-order valence-corrected chi connectivity index (χ0v) is 13.3. The van der Waals surface area contributed by atoms with Crippen molar-refractivity contribution >= 4 is 21.8 Å². The van der Waals surface area contributed by atoms with Gasteiger partial charge >= 0.3 is 0 Å². The van der Waals surface area contributed by atoms with E-state index in [0.717, 1.165) is 29.3 Å². The lowest BCUT2D eigenvalue weighted by atomic mass is 10.2. The third-order valence-electron chi connectivity index (χ3n) is 3.81. The molecule has 1 aliphatic carbocycles. The first-order valence-corrected chi connectivity index (χ1v) is 7.75. The van der Waals surface area contributed by atoms with Gasteiger partial charge in [-0.15, -0.1) is 0 Å². The van der Waals surface area contributed by atoms with Crippen molar-refractivity contribution in [3.8, 4) is 0 Å². The molecule has 0 heterocycles. The van der Waals surface area contributed by atoms with Gasteiger partial charge in [-0.1, -0.05) is 28.1 Å². The summed E-state index contributed by atoms with van der Waals surface area (Å²) in [7, 11) is 1.90. The second kappa shape index (κ2) is 7.20. The van der Waals surface area contributed by atoms with E-state index in [-0.39, 0.29) is 18.1 Å². The van der Waals surface area contributed by atoms with E-state index in [9.17, 15) is 9.90 Å². The number of nitrogens with zero attached hydrogens (tertiary/aromatic N) is 1. The molecule has 0 bridgehead atoms. The highest BCUT2D eigenvalue weighted by molar-refractivity contribution is 9.10. The number of likely N-dealkylation sites (N-methyl/N-ethyl adjacent to an activating group) is 1. The van der Waals surface area contributed by atoms with Crippen LogP contribution in [0, 0.1) is 0 Å². The number of hydrogen-bond acceptors (Lipinski definition) is 3. The van der Waals surface area contributed by atoms with Gasteiger partial charge in [0.1, 0.15) is 0 Å². The zero-order chi connectivity index (χ0) is 14.5. The molecular formula is C15H21BrN2O2. The van der Waals surface area contributed by atoms with Crippen LogP contribution in [-0.4, -0.2) is 41.7 Å². The first-order valence-electron chi connectivity index (χ1n) is 6.95. The van der Waals surface area contributed by atoms with Crippen LogP contribution in [0.3, 0.4) is 0 Å². The number of nitrogens with one attached hydrogen (secondary N) is 1. The van der Waals surface area contributed by atoms with Gasteiger partial charge in [-0.05, 0) is 44.0 Å². The molecule has 1 saturated carbocycles. The fourth-order valence-corrected chi connectivity index (χ4v) is 2.90. The van der Waals surface area contributed by atoms with Crippen LogP contribution >= 0.6 is 15.9 Å². The van der Waals surface area contributed by atoms with Crippen molar-refractivity contribution in [2.45, 2.75) is 38.0 Å². The summed E-state index contributed by atoms with van der Waals surface area (Å²) in [5.41, 5.74) is 1.07. The molecule has 5 heteroatoms. The Morgan fingerprint density at radius 2 is 2.10 bits per heavy atom. The molecule has 2 N–H and O–H groups in total. The SMILES string of the molecule is CN(CC(=O)NCc1ccc(Br)cc1)C1CCCC1O. The minimum absolute atomic E-state index is 0.00508. The normalized spacial score (nSPS) is 22.2. The lowest BCUT2D eigenvalue weighted by Crippen LogP contribution is -2.43. The minimum atomic E-state index is -0.292. The monoisotopic (exact) mass is 340 g/mol. The topological polar surface area (TPSA) is 52.6 Å². The fourth-order valence-electron chi connectivity index (χ4n) is 2.64. The molecule has 1 aromatic rings. The second-order valence-corrected chi connectivity index (χ2v) is 6.30. The van der Waals surface area contributed by atoms with E-state index < -0.39 is 0 Å². The Hall–Kier alpha value is -0.910. The van der Waals surface area contributed by atoms with E-state index in [0.29, 0.717) is 13.1 Å². The van der Waals surface area contributed by atoms with Gasteiger partial charge in [-0.25, -0.2) is 0 Å². The van der Waals surface area contributed by atoms with Crippen LogP contribution in [0.25, 0.3) is 0 Å². The predicted octanol–water partition coefficient (Wildman–Crippen LogP) is 1.91. The highest BCUT2D eigenvalue weighted by atomic mass is 79.9. The smallest absolute Gasteiger partial charge is 0.234 e. The van der Waals surface area contributed by atoms with Gasteiger partial charge in [0.25, 0.3) is 0 Å². The van der Waals surface area contributed by atoms with Gasteiger partial charge in [-0.2, -0.15) is 0 Å². The number of carbonyl (C=O) groups excluding carboxylic acids is 1.